The zero-order chi connectivity index (χ0) is 16.2. The van der Waals surface area contributed by atoms with Crippen LogP contribution in [0.1, 0.15) is 5.69 Å². The summed E-state index contributed by atoms with van der Waals surface area (Å²) < 4.78 is 1.62. The van der Waals surface area contributed by atoms with Gasteiger partial charge in [0, 0.05) is 23.5 Å². The summed E-state index contributed by atoms with van der Waals surface area (Å²) in [6, 6.07) is 10.9. The van der Waals surface area contributed by atoms with Gasteiger partial charge in [0.15, 0.2) is 5.16 Å². The Balaban J connectivity index is 2.04. The molecular formula is C17H14ClN3OS. The summed E-state index contributed by atoms with van der Waals surface area (Å²) in [7, 11) is 0. The van der Waals surface area contributed by atoms with Crippen molar-refractivity contribution < 1.29 is 0 Å². The van der Waals surface area contributed by atoms with Gasteiger partial charge in [-0.3, -0.25) is 14.3 Å². The second-order valence-electron chi connectivity index (χ2n) is 4.87. The summed E-state index contributed by atoms with van der Waals surface area (Å²) >= 11 is 7.49. The second-order valence-corrected chi connectivity index (χ2v) is 6.25. The second kappa shape index (κ2) is 6.98. The number of allylic oxidation sites excluding steroid dienone is 1. The Kier molecular flexibility index (Phi) is 4.79. The van der Waals surface area contributed by atoms with Gasteiger partial charge in [0.25, 0.3) is 5.56 Å². The molecule has 116 valence electrons. The predicted octanol–water partition coefficient (Wildman–Crippen LogP) is 3.92. The van der Waals surface area contributed by atoms with Crippen LogP contribution in [0, 0.1) is 0 Å². The molecule has 3 rings (SSSR count). The summed E-state index contributed by atoms with van der Waals surface area (Å²) in [5.41, 5.74) is 1.45. The van der Waals surface area contributed by atoms with Crippen molar-refractivity contribution in [2.75, 3.05) is 0 Å². The maximum absolute atomic E-state index is 12.7. The molecule has 23 heavy (non-hydrogen) atoms. The quantitative estimate of drug-likeness (QED) is 0.400. The molecule has 0 saturated heterocycles. The Bertz CT molecular complexity index is 909. The topological polar surface area (TPSA) is 47.8 Å². The van der Waals surface area contributed by atoms with Gasteiger partial charge in [-0.05, 0) is 30.3 Å². The number of hydrogen-bond acceptors (Lipinski definition) is 4. The van der Waals surface area contributed by atoms with Crippen LogP contribution >= 0.6 is 23.4 Å². The Morgan fingerprint density at radius 2 is 2.17 bits per heavy atom. The zero-order valence-electron chi connectivity index (χ0n) is 12.3. The van der Waals surface area contributed by atoms with E-state index >= 15 is 0 Å². The van der Waals surface area contributed by atoms with Crippen LogP contribution in [0.5, 0.6) is 0 Å². The summed E-state index contributed by atoms with van der Waals surface area (Å²) in [5.74, 6) is 0.635. The summed E-state index contributed by atoms with van der Waals surface area (Å²) in [6.07, 6.45) is 3.44. The maximum atomic E-state index is 12.7. The number of fused-ring (bicyclic) bond motifs is 1. The number of pyridine rings is 1. The van der Waals surface area contributed by atoms with Crippen molar-refractivity contribution in [3.8, 4) is 0 Å². The van der Waals surface area contributed by atoms with Crippen molar-refractivity contribution in [2.24, 2.45) is 0 Å². The van der Waals surface area contributed by atoms with Crippen molar-refractivity contribution in [3.05, 3.63) is 76.3 Å². The Labute approximate surface area is 142 Å². The minimum Gasteiger partial charge on any atom is -0.283 e. The van der Waals surface area contributed by atoms with E-state index in [0.717, 1.165) is 5.69 Å². The zero-order valence-corrected chi connectivity index (χ0v) is 13.8. The molecule has 0 amide bonds. The minimum atomic E-state index is -0.0879. The summed E-state index contributed by atoms with van der Waals surface area (Å²) in [6.45, 7) is 4.13. The third kappa shape index (κ3) is 3.46. The number of halogens is 1. The number of nitrogens with zero attached hydrogens (tertiary/aromatic N) is 3. The molecule has 0 aliphatic carbocycles. The van der Waals surface area contributed by atoms with Crippen LogP contribution in [0.3, 0.4) is 0 Å². The number of thioether (sulfide) groups is 1. The molecule has 0 aliphatic rings. The lowest BCUT2D eigenvalue weighted by atomic mass is 10.2. The molecule has 0 bridgehead atoms. The first-order valence-electron chi connectivity index (χ1n) is 7.03. The fraction of sp³-hybridized carbons (Fsp3) is 0.118. The largest absolute Gasteiger partial charge is 0.283 e. The lowest BCUT2D eigenvalue weighted by molar-refractivity contribution is 0.671. The third-order valence-electron chi connectivity index (χ3n) is 3.27. The van der Waals surface area contributed by atoms with Crippen molar-refractivity contribution in [1.82, 2.24) is 14.5 Å². The van der Waals surface area contributed by atoms with E-state index in [1.54, 1.807) is 35.0 Å². The Morgan fingerprint density at radius 1 is 1.30 bits per heavy atom. The Hall–Kier alpha value is -2.11. The molecule has 3 aromatic rings. The van der Waals surface area contributed by atoms with Gasteiger partial charge in [0.05, 0.1) is 16.6 Å². The van der Waals surface area contributed by atoms with E-state index in [9.17, 15) is 4.79 Å². The van der Waals surface area contributed by atoms with Crippen LogP contribution in [0.4, 0.5) is 0 Å². The number of hydrogen-bond donors (Lipinski definition) is 0. The van der Waals surface area contributed by atoms with Crippen LogP contribution in [-0.4, -0.2) is 14.5 Å². The molecule has 0 radical (unpaired) electrons. The van der Waals surface area contributed by atoms with Crippen LogP contribution in [0.15, 0.2) is 65.2 Å². The predicted molar refractivity (Wildman–Crippen MR) is 95.0 cm³/mol. The number of benzene rings is 1. The van der Waals surface area contributed by atoms with Gasteiger partial charge in [0.2, 0.25) is 0 Å². The fourth-order valence-electron chi connectivity index (χ4n) is 2.20. The molecule has 2 heterocycles. The standard InChI is InChI=1S/C17H14ClN3OS/c1-2-9-21-16(22)14-7-6-12(18)10-15(14)20-17(21)23-11-13-5-3-4-8-19-13/h2-8,10H,1,9,11H2. The highest BCUT2D eigenvalue weighted by molar-refractivity contribution is 7.98. The van der Waals surface area contributed by atoms with E-state index in [2.05, 4.69) is 16.5 Å². The molecule has 0 fully saturated rings. The smallest absolute Gasteiger partial charge is 0.262 e. The number of rotatable bonds is 5. The molecule has 0 atom stereocenters. The molecule has 0 aliphatic heterocycles. The number of aromatic nitrogens is 3. The monoisotopic (exact) mass is 343 g/mol. The van der Waals surface area contributed by atoms with Crippen LogP contribution in [0.25, 0.3) is 10.9 Å². The molecule has 0 unspecified atom stereocenters. The van der Waals surface area contributed by atoms with Gasteiger partial charge in [0.1, 0.15) is 0 Å². The van der Waals surface area contributed by atoms with E-state index in [4.69, 9.17) is 11.6 Å². The molecule has 4 nitrogen and oxygen atoms in total. The van der Waals surface area contributed by atoms with Crippen LogP contribution in [0.2, 0.25) is 5.02 Å². The van der Waals surface area contributed by atoms with E-state index in [-0.39, 0.29) is 5.56 Å². The molecule has 6 heteroatoms. The first-order chi connectivity index (χ1) is 11.2. The molecule has 1 aromatic carbocycles. The summed E-state index contributed by atoms with van der Waals surface area (Å²) in [4.78, 5) is 21.6. The highest BCUT2D eigenvalue weighted by Crippen LogP contribution is 2.22. The third-order valence-corrected chi connectivity index (χ3v) is 4.51. The molecular weight excluding hydrogens is 330 g/mol. The molecule has 0 spiro atoms. The van der Waals surface area contributed by atoms with Crippen molar-refractivity contribution in [3.63, 3.8) is 0 Å². The van der Waals surface area contributed by atoms with Gasteiger partial charge in [-0.1, -0.05) is 35.5 Å². The molecule has 2 aromatic heterocycles. The average Bonchev–Trinajstić information content (AvgIpc) is 2.56. The van der Waals surface area contributed by atoms with Gasteiger partial charge < -0.3 is 0 Å². The van der Waals surface area contributed by atoms with Crippen LogP contribution < -0.4 is 5.56 Å². The van der Waals surface area contributed by atoms with Gasteiger partial charge in [-0.2, -0.15) is 0 Å². The van der Waals surface area contributed by atoms with Crippen molar-refractivity contribution in [1.29, 1.82) is 0 Å². The van der Waals surface area contributed by atoms with E-state index in [1.165, 1.54) is 11.8 Å². The Morgan fingerprint density at radius 3 is 2.91 bits per heavy atom. The van der Waals surface area contributed by atoms with E-state index < -0.39 is 0 Å². The van der Waals surface area contributed by atoms with E-state index in [1.807, 2.05) is 18.2 Å². The van der Waals surface area contributed by atoms with Gasteiger partial charge >= 0.3 is 0 Å². The van der Waals surface area contributed by atoms with E-state index in [0.29, 0.717) is 33.4 Å². The van der Waals surface area contributed by atoms with Gasteiger partial charge in [-0.15, -0.1) is 6.58 Å². The SMILES string of the molecule is C=CCn1c(SCc2ccccn2)nc2cc(Cl)ccc2c1=O. The highest BCUT2D eigenvalue weighted by Gasteiger charge is 2.11. The van der Waals surface area contributed by atoms with Crippen LogP contribution in [-0.2, 0) is 12.3 Å². The lowest BCUT2D eigenvalue weighted by Crippen LogP contribution is -2.22. The first-order valence-corrected chi connectivity index (χ1v) is 8.39. The average molecular weight is 344 g/mol. The maximum Gasteiger partial charge on any atom is 0.262 e. The minimum absolute atomic E-state index is 0.0879. The highest BCUT2D eigenvalue weighted by atomic mass is 35.5. The fourth-order valence-corrected chi connectivity index (χ4v) is 3.29. The molecule has 0 saturated carbocycles. The normalized spacial score (nSPS) is 10.8. The van der Waals surface area contributed by atoms with Crippen molar-refractivity contribution in [2.45, 2.75) is 17.5 Å². The summed E-state index contributed by atoms with van der Waals surface area (Å²) in [5, 5.41) is 1.75. The lowest BCUT2D eigenvalue weighted by Gasteiger charge is -2.11. The molecule has 0 N–H and O–H groups in total. The van der Waals surface area contributed by atoms with Gasteiger partial charge in [-0.25, -0.2) is 4.98 Å². The van der Waals surface area contributed by atoms with Crippen molar-refractivity contribution >= 4 is 34.3 Å². The first kappa shape index (κ1) is 15.8.